The minimum atomic E-state index is 0.908. The van der Waals surface area contributed by atoms with Gasteiger partial charge in [-0.3, -0.25) is 0 Å². The molecule has 12 rings (SSSR count). The van der Waals surface area contributed by atoms with Crippen LogP contribution in [0.25, 0.3) is 98.8 Å². The monoisotopic (exact) mass is 789 g/mol. The van der Waals surface area contributed by atoms with E-state index in [1.165, 1.54) is 65.5 Å². The van der Waals surface area contributed by atoms with Gasteiger partial charge in [0.1, 0.15) is 11.2 Å². The van der Waals surface area contributed by atoms with E-state index < -0.39 is 0 Å². The predicted octanol–water partition coefficient (Wildman–Crippen LogP) is 17.2. The van der Waals surface area contributed by atoms with Crippen LogP contribution in [0.4, 0.5) is 17.1 Å². The number of rotatable bonds is 7. The summed E-state index contributed by atoms with van der Waals surface area (Å²) in [5.41, 5.74) is 14.4. The third kappa shape index (κ3) is 5.96. The van der Waals surface area contributed by atoms with Gasteiger partial charge in [0.2, 0.25) is 0 Å². The molecule has 12 aromatic rings. The van der Waals surface area contributed by atoms with Gasteiger partial charge in [0.15, 0.2) is 0 Å². The molecule has 0 saturated carbocycles. The lowest BCUT2D eigenvalue weighted by Gasteiger charge is -2.29. The van der Waals surface area contributed by atoms with E-state index in [1.807, 2.05) is 6.07 Å². The minimum absolute atomic E-state index is 0.908. The lowest BCUT2D eigenvalue weighted by atomic mass is 9.87. The molecule has 0 aliphatic heterocycles. The van der Waals surface area contributed by atoms with Crippen molar-refractivity contribution in [2.24, 2.45) is 0 Å². The molecule has 2 heteroatoms. The van der Waals surface area contributed by atoms with E-state index in [4.69, 9.17) is 4.42 Å². The number of nitrogens with zero attached hydrogens (tertiary/aromatic N) is 1. The molecule has 290 valence electrons. The lowest BCUT2D eigenvalue weighted by molar-refractivity contribution is 0.669. The smallest absolute Gasteiger partial charge is 0.136 e. The molecule has 0 saturated heterocycles. The first-order valence-corrected chi connectivity index (χ1v) is 21.3. The highest BCUT2D eigenvalue weighted by Gasteiger charge is 2.23. The Kier molecular flexibility index (Phi) is 8.53. The highest BCUT2D eigenvalue weighted by atomic mass is 16.3. The van der Waals surface area contributed by atoms with Gasteiger partial charge in [-0.2, -0.15) is 0 Å². The van der Waals surface area contributed by atoms with Gasteiger partial charge in [0, 0.05) is 33.1 Å². The Balaban J connectivity index is 1.14. The first kappa shape index (κ1) is 35.7. The molecule has 1 heterocycles. The first-order valence-electron chi connectivity index (χ1n) is 21.3. The zero-order chi connectivity index (χ0) is 41.0. The van der Waals surface area contributed by atoms with Crippen molar-refractivity contribution < 1.29 is 4.42 Å². The lowest BCUT2D eigenvalue weighted by Crippen LogP contribution is -2.11. The molecule has 0 radical (unpaired) electrons. The molecular weight excluding hydrogens is 751 g/mol. The fourth-order valence-electron chi connectivity index (χ4n) is 9.62. The van der Waals surface area contributed by atoms with Crippen LogP contribution in [0.15, 0.2) is 241 Å². The van der Waals surface area contributed by atoms with Crippen LogP contribution < -0.4 is 4.90 Å². The van der Waals surface area contributed by atoms with Crippen molar-refractivity contribution in [1.82, 2.24) is 0 Å². The van der Waals surface area contributed by atoms with Crippen LogP contribution in [-0.2, 0) is 0 Å². The van der Waals surface area contributed by atoms with Gasteiger partial charge in [-0.25, -0.2) is 0 Å². The summed E-state index contributed by atoms with van der Waals surface area (Å²) in [6, 6.07) is 85.5. The normalized spacial score (nSPS) is 11.5. The molecule has 2 nitrogen and oxygen atoms in total. The van der Waals surface area contributed by atoms with Crippen LogP contribution in [0.2, 0.25) is 0 Å². The summed E-state index contributed by atoms with van der Waals surface area (Å²) >= 11 is 0. The van der Waals surface area contributed by atoms with E-state index in [9.17, 15) is 0 Å². The van der Waals surface area contributed by atoms with E-state index in [1.54, 1.807) is 0 Å². The van der Waals surface area contributed by atoms with Crippen molar-refractivity contribution in [2.75, 3.05) is 4.90 Å². The van der Waals surface area contributed by atoms with Crippen LogP contribution >= 0.6 is 0 Å². The first-order chi connectivity index (χ1) is 30.8. The Morgan fingerprint density at radius 3 is 1.40 bits per heavy atom. The topological polar surface area (TPSA) is 16.4 Å². The Morgan fingerprint density at radius 1 is 0.258 bits per heavy atom. The van der Waals surface area contributed by atoms with Crippen molar-refractivity contribution in [1.29, 1.82) is 0 Å². The number of anilines is 3. The fourth-order valence-corrected chi connectivity index (χ4v) is 9.62. The average molecular weight is 790 g/mol. The van der Waals surface area contributed by atoms with E-state index in [-0.39, 0.29) is 0 Å². The number of para-hydroxylation sites is 2. The molecule has 0 aliphatic rings. The van der Waals surface area contributed by atoms with Crippen molar-refractivity contribution in [3.63, 3.8) is 0 Å². The van der Waals surface area contributed by atoms with E-state index in [2.05, 4.69) is 235 Å². The van der Waals surface area contributed by atoms with Gasteiger partial charge in [-0.1, -0.05) is 182 Å². The predicted molar refractivity (Wildman–Crippen MR) is 263 cm³/mol. The van der Waals surface area contributed by atoms with Crippen LogP contribution in [0, 0.1) is 0 Å². The van der Waals surface area contributed by atoms with Gasteiger partial charge in [-0.15, -0.1) is 0 Å². The number of hydrogen-bond acceptors (Lipinski definition) is 2. The van der Waals surface area contributed by atoms with Gasteiger partial charge < -0.3 is 9.32 Å². The third-order valence-corrected chi connectivity index (χ3v) is 12.4. The Hall–Kier alpha value is -8.20. The summed E-state index contributed by atoms with van der Waals surface area (Å²) < 4.78 is 6.44. The number of fused-ring (bicyclic) bond motifs is 10. The molecule has 0 bridgehead atoms. The maximum absolute atomic E-state index is 6.44. The maximum Gasteiger partial charge on any atom is 0.136 e. The molecule has 0 atom stereocenters. The zero-order valence-corrected chi connectivity index (χ0v) is 33.9. The van der Waals surface area contributed by atoms with Crippen molar-refractivity contribution in [3.8, 4) is 44.5 Å². The summed E-state index contributed by atoms with van der Waals surface area (Å²) in [5.74, 6) is 0. The Bertz CT molecular complexity index is 3520. The number of benzene rings is 11. The molecule has 1 aromatic heterocycles. The van der Waals surface area contributed by atoms with Gasteiger partial charge in [-0.05, 0) is 120 Å². The Labute approximate surface area is 360 Å². The third-order valence-electron chi connectivity index (χ3n) is 12.4. The second kappa shape index (κ2) is 14.8. The van der Waals surface area contributed by atoms with Crippen LogP contribution in [-0.4, -0.2) is 0 Å². The fraction of sp³-hybridized carbons (Fsp3) is 0. The summed E-state index contributed by atoms with van der Waals surface area (Å²) in [6.45, 7) is 0. The SMILES string of the molecule is c1ccc(-c2ccc(N(c3cc(-c4ccccc4)cc(-c4ccccc4)c3)c3ccccc3-c3cccc4c5ccc6oc7ccccc7c6c5c5ccccc5c34)cc2)cc1. The highest BCUT2D eigenvalue weighted by molar-refractivity contribution is 6.36. The van der Waals surface area contributed by atoms with Crippen LogP contribution in [0.1, 0.15) is 0 Å². The molecule has 0 N–H and O–H groups in total. The quantitative estimate of drug-likeness (QED) is 0.150. The molecule has 0 fully saturated rings. The second-order valence-corrected chi connectivity index (χ2v) is 16.0. The Morgan fingerprint density at radius 2 is 0.742 bits per heavy atom. The van der Waals surface area contributed by atoms with Gasteiger partial charge in [0.25, 0.3) is 0 Å². The second-order valence-electron chi connectivity index (χ2n) is 16.0. The maximum atomic E-state index is 6.44. The largest absolute Gasteiger partial charge is 0.456 e. The standard InChI is InChI=1S/C60H39NO/c1-4-17-40(18-5-1)43-31-33-46(34-32-43)61(47-38-44(41-19-6-2-7-20-41)37-45(39-47)42-21-8-3-9-22-42)55-29-14-12-23-48(55)49-27-16-28-51-53-35-36-57-60(54-26-13-15-30-56(54)62-57)59(53)52-25-11-10-24-50(52)58(49)51/h1-39H. The van der Waals surface area contributed by atoms with Crippen molar-refractivity contribution in [3.05, 3.63) is 237 Å². The summed E-state index contributed by atoms with van der Waals surface area (Å²) in [6.07, 6.45) is 0. The van der Waals surface area contributed by atoms with Gasteiger partial charge in [0.05, 0.1) is 5.69 Å². The van der Waals surface area contributed by atoms with Crippen LogP contribution in [0.3, 0.4) is 0 Å². The van der Waals surface area contributed by atoms with E-state index in [0.717, 1.165) is 50.3 Å². The van der Waals surface area contributed by atoms with Crippen molar-refractivity contribution in [2.45, 2.75) is 0 Å². The summed E-state index contributed by atoms with van der Waals surface area (Å²) in [7, 11) is 0. The zero-order valence-electron chi connectivity index (χ0n) is 33.9. The number of hydrogen-bond donors (Lipinski definition) is 0. The number of furan rings is 1. The molecule has 62 heavy (non-hydrogen) atoms. The molecule has 0 aliphatic carbocycles. The highest BCUT2D eigenvalue weighted by Crippen LogP contribution is 2.49. The summed E-state index contributed by atoms with van der Waals surface area (Å²) in [5, 5.41) is 9.64. The van der Waals surface area contributed by atoms with Gasteiger partial charge >= 0.3 is 0 Å². The van der Waals surface area contributed by atoms with Crippen LogP contribution in [0.5, 0.6) is 0 Å². The summed E-state index contributed by atoms with van der Waals surface area (Å²) in [4.78, 5) is 2.45. The molecule has 0 spiro atoms. The average Bonchev–Trinajstić information content (AvgIpc) is 3.74. The molecular formula is C60H39NO. The van der Waals surface area contributed by atoms with E-state index >= 15 is 0 Å². The molecule has 0 unspecified atom stereocenters. The molecule has 0 amide bonds. The van der Waals surface area contributed by atoms with Crippen molar-refractivity contribution >= 4 is 71.3 Å². The molecule has 11 aromatic carbocycles. The minimum Gasteiger partial charge on any atom is -0.456 e. The van der Waals surface area contributed by atoms with E-state index in [0.29, 0.717) is 0 Å².